The van der Waals surface area contributed by atoms with Gasteiger partial charge in [-0.15, -0.1) is 0 Å². The van der Waals surface area contributed by atoms with Crippen molar-refractivity contribution in [2.24, 2.45) is 5.84 Å². The normalized spacial score (nSPS) is 15.3. The van der Waals surface area contributed by atoms with Crippen LogP contribution in [-0.2, 0) is 0 Å². The number of hydrazine groups is 1. The predicted molar refractivity (Wildman–Crippen MR) is 83.9 cm³/mol. The van der Waals surface area contributed by atoms with Crippen molar-refractivity contribution in [2.75, 3.05) is 12.5 Å². The van der Waals surface area contributed by atoms with Crippen molar-refractivity contribution in [3.63, 3.8) is 0 Å². The summed E-state index contributed by atoms with van der Waals surface area (Å²) in [6.45, 7) is 0. The summed E-state index contributed by atoms with van der Waals surface area (Å²) in [5.74, 6) is 6.05. The minimum absolute atomic E-state index is 0.0378. The van der Waals surface area contributed by atoms with Crippen LogP contribution in [0.1, 0.15) is 36.2 Å². The SMILES string of the molecule is CN(C(=O)c1cc2ccccc2c(NN)n1)C1CCCC1. The van der Waals surface area contributed by atoms with Crippen molar-refractivity contribution in [3.05, 3.63) is 36.0 Å². The van der Waals surface area contributed by atoms with Gasteiger partial charge in [0.1, 0.15) is 11.5 Å². The molecule has 5 nitrogen and oxygen atoms in total. The molecule has 1 fully saturated rings. The van der Waals surface area contributed by atoms with Gasteiger partial charge in [0, 0.05) is 18.5 Å². The average Bonchev–Trinajstić information content (AvgIpc) is 3.06. The Morgan fingerprint density at radius 2 is 2.05 bits per heavy atom. The number of hydrogen-bond donors (Lipinski definition) is 2. The van der Waals surface area contributed by atoms with Gasteiger partial charge in [0.2, 0.25) is 0 Å². The van der Waals surface area contributed by atoms with Crippen molar-refractivity contribution >= 4 is 22.5 Å². The summed E-state index contributed by atoms with van der Waals surface area (Å²) in [6, 6.07) is 9.94. The Bertz CT molecular complexity index is 664. The number of benzene rings is 1. The smallest absolute Gasteiger partial charge is 0.272 e. The van der Waals surface area contributed by atoms with Crippen LogP contribution >= 0.6 is 0 Å². The number of nitrogens with one attached hydrogen (secondary N) is 1. The van der Waals surface area contributed by atoms with Gasteiger partial charge in [-0.1, -0.05) is 37.1 Å². The van der Waals surface area contributed by atoms with Crippen LogP contribution in [0.15, 0.2) is 30.3 Å². The number of aromatic nitrogens is 1. The number of nitrogens with zero attached hydrogens (tertiary/aromatic N) is 2. The lowest BCUT2D eigenvalue weighted by atomic mass is 10.1. The number of carbonyl (C=O) groups is 1. The Kier molecular flexibility index (Phi) is 3.75. The van der Waals surface area contributed by atoms with Gasteiger partial charge in [0.25, 0.3) is 5.91 Å². The molecule has 0 aliphatic heterocycles. The summed E-state index contributed by atoms with van der Waals surface area (Å²) in [7, 11) is 1.87. The van der Waals surface area contributed by atoms with Crippen LogP contribution in [0.4, 0.5) is 5.82 Å². The van der Waals surface area contributed by atoms with Crippen LogP contribution in [0.25, 0.3) is 10.8 Å². The molecule has 1 aromatic carbocycles. The van der Waals surface area contributed by atoms with E-state index in [0.29, 0.717) is 17.6 Å². The molecule has 1 aliphatic carbocycles. The highest BCUT2D eigenvalue weighted by Crippen LogP contribution is 2.26. The molecule has 0 radical (unpaired) electrons. The van der Waals surface area contributed by atoms with Gasteiger partial charge in [-0.3, -0.25) is 4.79 Å². The molecule has 1 saturated carbocycles. The van der Waals surface area contributed by atoms with Crippen LogP contribution in [0.5, 0.6) is 0 Å². The predicted octanol–water partition coefficient (Wildman–Crippen LogP) is 2.54. The molecule has 2 aromatic rings. The van der Waals surface area contributed by atoms with Crippen molar-refractivity contribution in [3.8, 4) is 0 Å². The number of nitrogens with two attached hydrogens (primary N) is 1. The van der Waals surface area contributed by atoms with Crippen molar-refractivity contribution in [2.45, 2.75) is 31.7 Å². The van der Waals surface area contributed by atoms with Crippen molar-refractivity contribution in [1.82, 2.24) is 9.88 Å². The zero-order chi connectivity index (χ0) is 14.8. The highest BCUT2D eigenvalue weighted by molar-refractivity contribution is 6.00. The van der Waals surface area contributed by atoms with E-state index in [1.807, 2.05) is 42.3 Å². The van der Waals surface area contributed by atoms with E-state index in [0.717, 1.165) is 23.6 Å². The van der Waals surface area contributed by atoms with E-state index in [-0.39, 0.29) is 5.91 Å². The lowest BCUT2D eigenvalue weighted by Crippen LogP contribution is -2.35. The highest BCUT2D eigenvalue weighted by Gasteiger charge is 2.25. The van der Waals surface area contributed by atoms with E-state index in [4.69, 9.17) is 5.84 Å². The molecule has 1 amide bonds. The molecule has 0 bridgehead atoms. The lowest BCUT2D eigenvalue weighted by molar-refractivity contribution is 0.0729. The Balaban J connectivity index is 1.97. The standard InChI is InChI=1S/C16H20N4O/c1-20(12-7-3-4-8-12)16(21)14-10-11-6-2-5-9-13(11)15(18-14)19-17/h2,5-6,9-10,12H,3-4,7-8,17H2,1H3,(H,18,19). The van der Waals surface area contributed by atoms with Crippen LogP contribution in [0.3, 0.4) is 0 Å². The van der Waals surface area contributed by atoms with Gasteiger partial charge in [-0.2, -0.15) is 0 Å². The number of anilines is 1. The van der Waals surface area contributed by atoms with E-state index in [1.165, 1.54) is 12.8 Å². The Morgan fingerprint density at radius 1 is 1.33 bits per heavy atom. The highest BCUT2D eigenvalue weighted by atomic mass is 16.2. The molecule has 0 spiro atoms. The fourth-order valence-corrected chi connectivity index (χ4v) is 3.06. The molecular weight excluding hydrogens is 264 g/mol. The maximum Gasteiger partial charge on any atom is 0.272 e. The second-order valence-corrected chi connectivity index (χ2v) is 5.58. The number of amides is 1. The molecule has 3 rings (SSSR count). The van der Waals surface area contributed by atoms with E-state index in [1.54, 1.807) is 0 Å². The first-order valence-corrected chi connectivity index (χ1v) is 7.34. The summed E-state index contributed by atoms with van der Waals surface area (Å²) in [5, 5.41) is 1.88. The molecule has 3 N–H and O–H groups in total. The van der Waals surface area contributed by atoms with Gasteiger partial charge in [0.05, 0.1) is 0 Å². The van der Waals surface area contributed by atoms with Crippen molar-refractivity contribution < 1.29 is 4.79 Å². The second-order valence-electron chi connectivity index (χ2n) is 5.58. The first-order valence-electron chi connectivity index (χ1n) is 7.34. The van der Waals surface area contributed by atoms with E-state index in [2.05, 4.69) is 10.4 Å². The molecule has 0 saturated heterocycles. The van der Waals surface area contributed by atoms with E-state index < -0.39 is 0 Å². The fourth-order valence-electron chi connectivity index (χ4n) is 3.06. The number of rotatable bonds is 3. The number of nitrogen functional groups attached to an aromatic ring is 1. The van der Waals surface area contributed by atoms with Gasteiger partial charge in [0.15, 0.2) is 0 Å². The summed E-state index contributed by atoms with van der Waals surface area (Å²) < 4.78 is 0. The molecule has 1 heterocycles. The summed E-state index contributed by atoms with van der Waals surface area (Å²) in [6.07, 6.45) is 4.56. The number of fused-ring (bicyclic) bond motifs is 1. The van der Waals surface area contributed by atoms with Crippen molar-refractivity contribution in [1.29, 1.82) is 0 Å². The van der Waals surface area contributed by atoms with Crippen LogP contribution in [0.2, 0.25) is 0 Å². The third-order valence-electron chi connectivity index (χ3n) is 4.29. The van der Waals surface area contributed by atoms with E-state index >= 15 is 0 Å². The summed E-state index contributed by atoms with van der Waals surface area (Å²) in [5.41, 5.74) is 3.03. The number of hydrogen-bond acceptors (Lipinski definition) is 4. The monoisotopic (exact) mass is 284 g/mol. The topological polar surface area (TPSA) is 71.2 Å². The minimum atomic E-state index is -0.0378. The third-order valence-corrected chi connectivity index (χ3v) is 4.29. The average molecular weight is 284 g/mol. The molecule has 0 unspecified atom stereocenters. The molecule has 1 aromatic heterocycles. The van der Waals surface area contributed by atoms with Gasteiger partial charge < -0.3 is 10.3 Å². The van der Waals surface area contributed by atoms with Gasteiger partial charge in [-0.25, -0.2) is 10.8 Å². The maximum atomic E-state index is 12.6. The number of pyridine rings is 1. The fraction of sp³-hybridized carbons (Fsp3) is 0.375. The lowest BCUT2D eigenvalue weighted by Gasteiger charge is -2.24. The first kappa shape index (κ1) is 13.8. The summed E-state index contributed by atoms with van der Waals surface area (Å²) in [4.78, 5) is 18.8. The molecule has 21 heavy (non-hydrogen) atoms. The molecular formula is C16H20N4O. The third kappa shape index (κ3) is 2.56. The molecule has 110 valence electrons. The Labute approximate surface area is 124 Å². The van der Waals surface area contributed by atoms with Crippen LogP contribution in [0, 0.1) is 0 Å². The minimum Gasteiger partial charge on any atom is -0.337 e. The van der Waals surface area contributed by atoms with Crippen LogP contribution in [-0.4, -0.2) is 28.9 Å². The maximum absolute atomic E-state index is 12.6. The zero-order valence-corrected chi connectivity index (χ0v) is 12.2. The quantitative estimate of drug-likeness (QED) is 0.671. The largest absolute Gasteiger partial charge is 0.337 e. The number of carbonyl (C=O) groups excluding carboxylic acids is 1. The summed E-state index contributed by atoms with van der Waals surface area (Å²) >= 11 is 0. The van der Waals surface area contributed by atoms with Gasteiger partial charge >= 0.3 is 0 Å². The molecule has 1 aliphatic rings. The van der Waals surface area contributed by atoms with Crippen LogP contribution < -0.4 is 11.3 Å². The Morgan fingerprint density at radius 3 is 2.76 bits per heavy atom. The van der Waals surface area contributed by atoms with Gasteiger partial charge in [-0.05, 0) is 24.3 Å². The molecule has 5 heteroatoms. The first-order chi connectivity index (χ1) is 10.2. The molecule has 0 atom stereocenters. The second kappa shape index (κ2) is 5.69. The van der Waals surface area contributed by atoms with E-state index in [9.17, 15) is 4.79 Å². The zero-order valence-electron chi connectivity index (χ0n) is 12.2. The Hall–Kier alpha value is -2.14.